The van der Waals surface area contributed by atoms with Crippen LogP contribution in [0.5, 0.6) is 0 Å². The lowest BCUT2D eigenvalue weighted by Crippen LogP contribution is -2.47. The zero-order valence-corrected chi connectivity index (χ0v) is 7.73. The lowest BCUT2D eigenvalue weighted by atomic mass is 10.1. The SMILES string of the molecule is O=C1CCCC(=O)N1C[Si](F)(F)F. The fourth-order valence-electron chi connectivity index (χ4n) is 1.16. The van der Waals surface area contributed by atoms with Crippen LogP contribution in [-0.4, -0.2) is 32.0 Å². The third kappa shape index (κ3) is 2.83. The number of imide groups is 1. The maximum absolute atomic E-state index is 12.0. The van der Waals surface area contributed by atoms with Gasteiger partial charge in [-0.3, -0.25) is 14.5 Å². The molecule has 0 bridgehead atoms. The second kappa shape index (κ2) is 3.49. The summed E-state index contributed by atoms with van der Waals surface area (Å²) < 4.78 is 35.9. The summed E-state index contributed by atoms with van der Waals surface area (Å²) in [5.41, 5.74) is 0. The number of likely N-dealkylation sites (tertiary alicyclic amines) is 1. The summed E-state index contributed by atoms with van der Waals surface area (Å²) in [4.78, 5) is 22.2. The summed E-state index contributed by atoms with van der Waals surface area (Å²) >= 11 is 0. The number of halogens is 3. The first kappa shape index (κ1) is 10.2. The first-order chi connectivity index (χ1) is 5.90. The Morgan fingerprint density at radius 2 is 1.62 bits per heavy atom. The van der Waals surface area contributed by atoms with E-state index in [2.05, 4.69) is 0 Å². The van der Waals surface area contributed by atoms with Crippen LogP contribution in [0.25, 0.3) is 0 Å². The molecule has 7 heteroatoms. The minimum Gasteiger partial charge on any atom is -0.277 e. The van der Waals surface area contributed by atoms with E-state index in [4.69, 9.17) is 0 Å². The van der Waals surface area contributed by atoms with E-state index in [0.29, 0.717) is 11.3 Å². The molecule has 3 nitrogen and oxygen atoms in total. The monoisotopic (exact) mass is 211 g/mol. The summed E-state index contributed by atoms with van der Waals surface area (Å²) in [5.74, 6) is -1.39. The van der Waals surface area contributed by atoms with Crippen molar-refractivity contribution in [3.63, 3.8) is 0 Å². The summed E-state index contributed by atoms with van der Waals surface area (Å²) in [6.07, 6.45) is -0.843. The summed E-state index contributed by atoms with van der Waals surface area (Å²) in [6.45, 7) is 0. The van der Waals surface area contributed by atoms with Gasteiger partial charge in [0, 0.05) is 12.8 Å². The van der Waals surface area contributed by atoms with Gasteiger partial charge in [-0.1, -0.05) is 0 Å². The highest BCUT2D eigenvalue weighted by molar-refractivity contribution is 6.59. The highest BCUT2D eigenvalue weighted by Crippen LogP contribution is 2.17. The van der Waals surface area contributed by atoms with Crippen LogP contribution in [-0.2, 0) is 9.59 Å². The molecular formula is C6H8F3NO2Si. The van der Waals surface area contributed by atoms with Crippen molar-refractivity contribution in [2.45, 2.75) is 19.3 Å². The molecule has 0 unspecified atom stereocenters. The van der Waals surface area contributed by atoms with Crippen LogP contribution in [0, 0.1) is 0 Å². The van der Waals surface area contributed by atoms with Gasteiger partial charge >= 0.3 is 9.08 Å². The number of amides is 2. The number of nitrogens with zero attached hydrogens (tertiary/aromatic N) is 1. The van der Waals surface area contributed by atoms with E-state index in [1.807, 2.05) is 0 Å². The maximum Gasteiger partial charge on any atom is 0.637 e. The fraction of sp³-hybridized carbons (Fsp3) is 0.667. The molecule has 0 aromatic carbocycles. The molecule has 0 aromatic rings. The van der Waals surface area contributed by atoms with Gasteiger partial charge in [0.05, 0.1) is 0 Å². The largest absolute Gasteiger partial charge is 0.637 e. The molecule has 1 rings (SSSR count). The Labute approximate surface area is 74.0 Å². The zero-order valence-electron chi connectivity index (χ0n) is 6.73. The van der Waals surface area contributed by atoms with Crippen molar-refractivity contribution in [3.05, 3.63) is 0 Å². The quantitative estimate of drug-likeness (QED) is 0.387. The summed E-state index contributed by atoms with van der Waals surface area (Å²) in [7, 11) is -5.84. The van der Waals surface area contributed by atoms with Gasteiger partial charge in [-0.25, -0.2) is 12.3 Å². The first-order valence-corrected chi connectivity index (χ1v) is 5.64. The second-order valence-electron chi connectivity index (χ2n) is 2.84. The number of piperidine rings is 1. The number of carbonyl (C=O) groups excluding carboxylic acids is 2. The predicted octanol–water partition coefficient (Wildman–Crippen LogP) is 0.912. The molecule has 0 aliphatic carbocycles. The van der Waals surface area contributed by atoms with Gasteiger partial charge in [0.25, 0.3) is 0 Å². The second-order valence-corrected chi connectivity index (χ2v) is 4.39. The normalized spacial score (nSPS) is 19.5. The molecule has 2 amide bonds. The molecule has 0 radical (unpaired) electrons. The molecule has 74 valence electrons. The molecule has 0 saturated carbocycles. The van der Waals surface area contributed by atoms with Crippen LogP contribution in [0.15, 0.2) is 0 Å². The van der Waals surface area contributed by atoms with Gasteiger partial charge in [0.15, 0.2) is 0 Å². The molecule has 13 heavy (non-hydrogen) atoms. The molecule has 1 fully saturated rings. The fourth-order valence-corrected chi connectivity index (χ4v) is 1.87. The van der Waals surface area contributed by atoms with Crippen LogP contribution in [0.3, 0.4) is 0 Å². The maximum atomic E-state index is 12.0. The van der Waals surface area contributed by atoms with Crippen molar-refractivity contribution in [1.82, 2.24) is 4.90 Å². The van der Waals surface area contributed by atoms with Gasteiger partial charge in [-0.15, -0.1) is 0 Å². The number of hydrogen-bond donors (Lipinski definition) is 0. The van der Waals surface area contributed by atoms with E-state index in [0.717, 1.165) is 0 Å². The molecule has 1 aliphatic rings. The first-order valence-electron chi connectivity index (χ1n) is 3.80. The number of rotatable bonds is 2. The van der Waals surface area contributed by atoms with Crippen LogP contribution in [0.1, 0.15) is 19.3 Å². The lowest BCUT2D eigenvalue weighted by Gasteiger charge is -2.24. The van der Waals surface area contributed by atoms with Gasteiger partial charge in [-0.05, 0) is 6.42 Å². The van der Waals surface area contributed by atoms with E-state index >= 15 is 0 Å². The molecule has 1 saturated heterocycles. The molecular weight excluding hydrogens is 203 g/mol. The minimum absolute atomic E-state index is 0.0518. The molecule has 0 atom stereocenters. The Morgan fingerprint density at radius 1 is 1.15 bits per heavy atom. The zero-order chi connectivity index (χ0) is 10.1. The van der Waals surface area contributed by atoms with E-state index in [-0.39, 0.29) is 12.8 Å². The van der Waals surface area contributed by atoms with Gasteiger partial charge < -0.3 is 0 Å². The average molecular weight is 211 g/mol. The van der Waals surface area contributed by atoms with Gasteiger partial charge in [-0.2, -0.15) is 0 Å². The highest BCUT2D eigenvalue weighted by atomic mass is 28.5. The lowest BCUT2D eigenvalue weighted by molar-refractivity contribution is -0.147. The van der Waals surface area contributed by atoms with Crippen molar-refractivity contribution in [2.24, 2.45) is 0 Å². The third-order valence-corrected chi connectivity index (χ3v) is 2.40. The standard InChI is InChI=1S/C6H8F3NO2Si/c7-13(8,9)4-10-5(11)2-1-3-6(10)12/h1-4H2. The van der Waals surface area contributed by atoms with E-state index in [9.17, 15) is 21.9 Å². The Morgan fingerprint density at radius 3 is 2.00 bits per heavy atom. The Bertz CT molecular complexity index is 225. The molecule has 1 aliphatic heterocycles. The average Bonchev–Trinajstić information content (AvgIpc) is 1.95. The minimum atomic E-state index is -5.84. The molecule has 0 aromatic heterocycles. The smallest absolute Gasteiger partial charge is 0.277 e. The van der Waals surface area contributed by atoms with Crippen molar-refractivity contribution < 1.29 is 21.9 Å². The Hall–Kier alpha value is -0.853. The highest BCUT2D eigenvalue weighted by Gasteiger charge is 2.43. The molecule has 1 heterocycles. The Kier molecular flexibility index (Phi) is 2.74. The van der Waals surface area contributed by atoms with Crippen molar-refractivity contribution in [2.75, 3.05) is 6.17 Å². The topological polar surface area (TPSA) is 37.4 Å². The third-order valence-electron chi connectivity index (χ3n) is 1.72. The van der Waals surface area contributed by atoms with E-state index < -0.39 is 27.1 Å². The van der Waals surface area contributed by atoms with Crippen LogP contribution in [0.4, 0.5) is 12.3 Å². The van der Waals surface area contributed by atoms with Gasteiger partial charge in [0.1, 0.15) is 6.17 Å². The van der Waals surface area contributed by atoms with Crippen LogP contribution in [0.2, 0.25) is 0 Å². The van der Waals surface area contributed by atoms with Crippen LogP contribution >= 0.6 is 0 Å². The van der Waals surface area contributed by atoms with Crippen molar-refractivity contribution in [1.29, 1.82) is 0 Å². The van der Waals surface area contributed by atoms with Gasteiger partial charge in [0.2, 0.25) is 11.8 Å². The number of carbonyl (C=O) groups is 2. The molecule has 0 N–H and O–H groups in total. The Balaban J connectivity index is 2.65. The predicted molar refractivity (Wildman–Crippen MR) is 39.6 cm³/mol. The summed E-state index contributed by atoms with van der Waals surface area (Å²) in [5, 5.41) is 0. The summed E-state index contributed by atoms with van der Waals surface area (Å²) in [6, 6.07) is 0. The molecule has 0 spiro atoms. The van der Waals surface area contributed by atoms with Crippen molar-refractivity contribution in [3.8, 4) is 0 Å². The number of hydrogen-bond acceptors (Lipinski definition) is 2. The van der Waals surface area contributed by atoms with E-state index in [1.165, 1.54) is 0 Å². The van der Waals surface area contributed by atoms with E-state index in [1.54, 1.807) is 0 Å². The van der Waals surface area contributed by atoms with Crippen molar-refractivity contribution >= 4 is 20.9 Å². The van der Waals surface area contributed by atoms with Crippen LogP contribution < -0.4 is 0 Å².